The summed E-state index contributed by atoms with van der Waals surface area (Å²) in [4.78, 5) is 0. The number of nitrogens with one attached hydrogen (secondary N) is 1. The highest BCUT2D eigenvalue weighted by atomic mass is 19.1. The van der Waals surface area contributed by atoms with E-state index >= 15 is 0 Å². The fourth-order valence-corrected chi connectivity index (χ4v) is 1.53. The zero-order valence-electron chi connectivity index (χ0n) is 9.83. The molecule has 0 spiro atoms. The maximum atomic E-state index is 13.0. The van der Waals surface area contributed by atoms with Crippen LogP contribution in [0.25, 0.3) is 11.5 Å². The van der Waals surface area contributed by atoms with Crippen molar-refractivity contribution >= 4 is 0 Å². The normalized spacial score (nSPS) is 10.8. The summed E-state index contributed by atoms with van der Waals surface area (Å²) in [6, 6.07) is 4.48. The standard InChI is InChI=1S/C12H14FN3O/c1-3-14-7-11-15-16-12(17-11)10-5-4-9(13)6-8(10)2/h4-6,14H,3,7H2,1-2H3. The number of aryl methyl sites for hydroxylation is 1. The quantitative estimate of drug-likeness (QED) is 0.883. The molecule has 1 aromatic carbocycles. The smallest absolute Gasteiger partial charge is 0.248 e. The van der Waals surface area contributed by atoms with Crippen molar-refractivity contribution in [1.29, 1.82) is 0 Å². The monoisotopic (exact) mass is 235 g/mol. The van der Waals surface area contributed by atoms with Gasteiger partial charge in [-0.15, -0.1) is 10.2 Å². The Morgan fingerprint density at radius 3 is 2.88 bits per heavy atom. The Labute approximate surface area is 98.9 Å². The third-order valence-corrected chi connectivity index (χ3v) is 2.41. The van der Waals surface area contributed by atoms with Gasteiger partial charge >= 0.3 is 0 Å². The van der Waals surface area contributed by atoms with Crippen LogP contribution in [-0.2, 0) is 6.54 Å². The summed E-state index contributed by atoms with van der Waals surface area (Å²) in [6.45, 7) is 5.20. The molecule has 0 aliphatic heterocycles. The number of benzene rings is 1. The molecule has 1 aromatic heterocycles. The molecule has 0 bridgehead atoms. The first-order valence-corrected chi connectivity index (χ1v) is 5.50. The Kier molecular flexibility index (Phi) is 3.49. The lowest BCUT2D eigenvalue weighted by atomic mass is 10.1. The molecule has 0 saturated carbocycles. The van der Waals surface area contributed by atoms with E-state index in [0.717, 1.165) is 17.7 Å². The van der Waals surface area contributed by atoms with Crippen LogP contribution < -0.4 is 5.32 Å². The van der Waals surface area contributed by atoms with Gasteiger partial charge in [0.05, 0.1) is 6.54 Å². The maximum Gasteiger partial charge on any atom is 0.248 e. The molecule has 4 nitrogen and oxygen atoms in total. The molecule has 0 amide bonds. The highest BCUT2D eigenvalue weighted by Crippen LogP contribution is 2.22. The third-order valence-electron chi connectivity index (χ3n) is 2.41. The number of aromatic nitrogens is 2. The number of halogens is 1. The van der Waals surface area contributed by atoms with E-state index in [1.807, 2.05) is 13.8 Å². The average molecular weight is 235 g/mol. The third kappa shape index (κ3) is 2.68. The van der Waals surface area contributed by atoms with Crippen molar-refractivity contribution in [3.8, 4) is 11.5 Å². The molecule has 0 atom stereocenters. The minimum atomic E-state index is -0.265. The average Bonchev–Trinajstić information content (AvgIpc) is 2.75. The number of rotatable bonds is 4. The van der Waals surface area contributed by atoms with Crippen LogP contribution in [0.15, 0.2) is 22.6 Å². The topological polar surface area (TPSA) is 51.0 Å². The predicted molar refractivity (Wildman–Crippen MR) is 61.8 cm³/mol. The maximum absolute atomic E-state index is 13.0. The SMILES string of the molecule is CCNCc1nnc(-c2ccc(F)cc2C)o1. The molecule has 5 heteroatoms. The molecular weight excluding hydrogens is 221 g/mol. The van der Waals surface area contributed by atoms with Gasteiger partial charge in [0.2, 0.25) is 11.8 Å². The van der Waals surface area contributed by atoms with E-state index in [9.17, 15) is 4.39 Å². The molecule has 0 aliphatic rings. The van der Waals surface area contributed by atoms with Crippen LogP contribution in [0.1, 0.15) is 18.4 Å². The van der Waals surface area contributed by atoms with Gasteiger partial charge < -0.3 is 9.73 Å². The van der Waals surface area contributed by atoms with Crippen molar-refractivity contribution < 1.29 is 8.81 Å². The molecule has 0 fully saturated rings. The second-order valence-electron chi connectivity index (χ2n) is 3.74. The van der Waals surface area contributed by atoms with Crippen molar-refractivity contribution in [2.24, 2.45) is 0 Å². The van der Waals surface area contributed by atoms with E-state index < -0.39 is 0 Å². The zero-order valence-corrected chi connectivity index (χ0v) is 9.83. The van der Waals surface area contributed by atoms with Crippen LogP contribution >= 0.6 is 0 Å². The number of nitrogens with zero attached hydrogens (tertiary/aromatic N) is 2. The molecule has 90 valence electrons. The van der Waals surface area contributed by atoms with E-state index in [-0.39, 0.29) is 5.82 Å². The fourth-order valence-electron chi connectivity index (χ4n) is 1.53. The van der Waals surface area contributed by atoms with E-state index in [1.54, 1.807) is 6.07 Å². The first kappa shape index (κ1) is 11.7. The first-order valence-electron chi connectivity index (χ1n) is 5.50. The summed E-state index contributed by atoms with van der Waals surface area (Å²) >= 11 is 0. The van der Waals surface area contributed by atoms with Crippen molar-refractivity contribution in [3.05, 3.63) is 35.5 Å². The summed E-state index contributed by atoms with van der Waals surface area (Å²) in [7, 11) is 0. The highest BCUT2D eigenvalue weighted by Gasteiger charge is 2.10. The highest BCUT2D eigenvalue weighted by molar-refractivity contribution is 5.57. The Morgan fingerprint density at radius 1 is 1.35 bits per heavy atom. The van der Waals surface area contributed by atoms with E-state index in [0.29, 0.717) is 18.3 Å². The molecule has 0 unspecified atom stereocenters. The molecular formula is C12H14FN3O. The van der Waals surface area contributed by atoms with Gasteiger partial charge in [0.25, 0.3) is 0 Å². The fraction of sp³-hybridized carbons (Fsp3) is 0.333. The Balaban J connectivity index is 2.24. The summed E-state index contributed by atoms with van der Waals surface area (Å²) < 4.78 is 18.4. The molecule has 1 N–H and O–H groups in total. The Morgan fingerprint density at radius 2 is 2.18 bits per heavy atom. The Hall–Kier alpha value is -1.75. The van der Waals surface area contributed by atoms with Gasteiger partial charge in [0, 0.05) is 5.56 Å². The zero-order chi connectivity index (χ0) is 12.3. The second kappa shape index (κ2) is 5.05. The molecule has 17 heavy (non-hydrogen) atoms. The van der Waals surface area contributed by atoms with Gasteiger partial charge in [-0.25, -0.2) is 4.39 Å². The molecule has 0 aliphatic carbocycles. The molecule has 0 saturated heterocycles. The minimum absolute atomic E-state index is 0.265. The van der Waals surface area contributed by atoms with Gasteiger partial charge in [0.15, 0.2) is 0 Å². The van der Waals surface area contributed by atoms with Gasteiger partial charge in [-0.2, -0.15) is 0 Å². The van der Waals surface area contributed by atoms with Crippen LogP contribution in [-0.4, -0.2) is 16.7 Å². The van der Waals surface area contributed by atoms with Crippen LogP contribution in [0.3, 0.4) is 0 Å². The van der Waals surface area contributed by atoms with Gasteiger partial charge in [-0.1, -0.05) is 6.92 Å². The van der Waals surface area contributed by atoms with Crippen LogP contribution in [0, 0.1) is 12.7 Å². The predicted octanol–water partition coefficient (Wildman–Crippen LogP) is 2.29. The van der Waals surface area contributed by atoms with Crippen molar-refractivity contribution in [2.45, 2.75) is 20.4 Å². The molecule has 0 radical (unpaired) electrons. The lowest BCUT2D eigenvalue weighted by Gasteiger charge is -2.00. The van der Waals surface area contributed by atoms with Crippen LogP contribution in [0.2, 0.25) is 0 Å². The van der Waals surface area contributed by atoms with Crippen molar-refractivity contribution in [2.75, 3.05) is 6.54 Å². The molecule has 1 heterocycles. The summed E-state index contributed by atoms with van der Waals surface area (Å²) in [6.07, 6.45) is 0. The lowest BCUT2D eigenvalue weighted by molar-refractivity contribution is 0.482. The number of hydrogen-bond donors (Lipinski definition) is 1. The van der Waals surface area contributed by atoms with E-state index in [1.165, 1.54) is 12.1 Å². The number of hydrogen-bond acceptors (Lipinski definition) is 4. The summed E-state index contributed by atoms with van der Waals surface area (Å²) in [5, 5.41) is 11.0. The second-order valence-corrected chi connectivity index (χ2v) is 3.74. The van der Waals surface area contributed by atoms with Crippen LogP contribution in [0.5, 0.6) is 0 Å². The van der Waals surface area contributed by atoms with Crippen LogP contribution in [0.4, 0.5) is 4.39 Å². The van der Waals surface area contributed by atoms with Gasteiger partial charge in [-0.05, 0) is 37.2 Å². The van der Waals surface area contributed by atoms with E-state index in [2.05, 4.69) is 15.5 Å². The molecule has 2 aromatic rings. The summed E-state index contributed by atoms with van der Waals surface area (Å²) in [5.41, 5.74) is 1.55. The van der Waals surface area contributed by atoms with E-state index in [4.69, 9.17) is 4.42 Å². The molecule has 2 rings (SSSR count). The largest absolute Gasteiger partial charge is 0.419 e. The van der Waals surface area contributed by atoms with Gasteiger partial charge in [0.1, 0.15) is 5.82 Å². The Bertz CT molecular complexity index is 510. The van der Waals surface area contributed by atoms with Gasteiger partial charge in [-0.3, -0.25) is 0 Å². The summed E-state index contributed by atoms with van der Waals surface area (Å²) in [5.74, 6) is 0.694. The first-order chi connectivity index (χ1) is 8.20. The van der Waals surface area contributed by atoms with Crippen molar-refractivity contribution in [3.63, 3.8) is 0 Å². The lowest BCUT2D eigenvalue weighted by Crippen LogP contribution is -2.11. The minimum Gasteiger partial charge on any atom is -0.419 e. The van der Waals surface area contributed by atoms with Crippen molar-refractivity contribution in [1.82, 2.24) is 15.5 Å².